The Hall–Kier alpha value is -1.26. The first-order chi connectivity index (χ1) is 12.7. The Morgan fingerprint density at radius 3 is 2.15 bits per heavy atom. The van der Waals surface area contributed by atoms with Gasteiger partial charge in [-0.1, -0.05) is 18.0 Å². The Balaban J connectivity index is 1.21. The van der Waals surface area contributed by atoms with E-state index in [1.807, 2.05) is 24.3 Å². The summed E-state index contributed by atoms with van der Waals surface area (Å²) in [5.74, 6) is 0.636. The second-order valence-electron chi connectivity index (χ2n) is 8.15. The summed E-state index contributed by atoms with van der Waals surface area (Å²) in [6.45, 7) is 4.00. The third-order valence-corrected chi connectivity index (χ3v) is 6.76. The number of nitrogens with one attached hydrogen (secondary N) is 1. The lowest BCUT2D eigenvalue weighted by Gasteiger charge is -2.44. The Labute approximate surface area is 161 Å². The van der Waals surface area contributed by atoms with E-state index < -0.39 is 0 Å². The molecule has 0 aromatic heterocycles. The van der Waals surface area contributed by atoms with E-state index in [0.717, 1.165) is 68.6 Å². The lowest BCUT2D eigenvalue weighted by molar-refractivity contribution is -0.139. The fourth-order valence-corrected chi connectivity index (χ4v) is 4.71. The molecule has 0 unspecified atom stereocenters. The zero-order valence-corrected chi connectivity index (χ0v) is 16.3. The third-order valence-electron chi connectivity index (χ3n) is 6.51. The first-order valence-corrected chi connectivity index (χ1v) is 10.6. The molecule has 142 valence electrons. The Bertz CT molecular complexity index is 600. The van der Waals surface area contributed by atoms with Gasteiger partial charge < -0.3 is 10.2 Å². The van der Waals surface area contributed by atoms with Crippen molar-refractivity contribution in [1.82, 2.24) is 9.80 Å². The molecular formula is C21H30ClN3O. The standard InChI is InChI=1S/C21H30ClN3O/c22-17-6-10-19(11-7-17)23-18-8-4-16(5-9-18)21(26)25-14-12-24(13-15-25)20-2-1-3-20/h6-7,10-11,16,18,20,23H,1-5,8-9,12-15H2/t16-,18-. The molecule has 0 spiro atoms. The zero-order chi connectivity index (χ0) is 17.9. The highest BCUT2D eigenvalue weighted by Gasteiger charge is 2.33. The number of amides is 1. The van der Waals surface area contributed by atoms with Crippen molar-refractivity contribution in [3.63, 3.8) is 0 Å². The van der Waals surface area contributed by atoms with E-state index in [2.05, 4.69) is 15.1 Å². The molecule has 0 radical (unpaired) electrons. The first kappa shape index (κ1) is 18.1. The van der Waals surface area contributed by atoms with Crippen molar-refractivity contribution >= 4 is 23.2 Å². The minimum Gasteiger partial charge on any atom is -0.382 e. The second kappa shape index (κ2) is 8.18. The molecule has 3 fully saturated rings. The number of anilines is 1. The van der Waals surface area contributed by atoms with Crippen molar-refractivity contribution in [2.75, 3.05) is 31.5 Å². The van der Waals surface area contributed by atoms with Crippen molar-refractivity contribution in [3.8, 4) is 0 Å². The average molecular weight is 376 g/mol. The van der Waals surface area contributed by atoms with E-state index in [1.54, 1.807) is 0 Å². The molecule has 1 saturated heterocycles. The van der Waals surface area contributed by atoms with Crippen LogP contribution in [-0.4, -0.2) is 54.0 Å². The minimum absolute atomic E-state index is 0.230. The summed E-state index contributed by atoms with van der Waals surface area (Å²) in [5, 5.41) is 4.35. The number of hydrogen-bond donors (Lipinski definition) is 1. The second-order valence-corrected chi connectivity index (χ2v) is 8.58. The van der Waals surface area contributed by atoms with Crippen molar-refractivity contribution in [2.45, 2.75) is 57.0 Å². The molecule has 2 saturated carbocycles. The number of rotatable bonds is 4. The van der Waals surface area contributed by atoms with Crippen molar-refractivity contribution in [2.24, 2.45) is 5.92 Å². The lowest BCUT2D eigenvalue weighted by Crippen LogP contribution is -2.54. The zero-order valence-electron chi connectivity index (χ0n) is 15.5. The van der Waals surface area contributed by atoms with Crippen LogP contribution in [0.2, 0.25) is 5.02 Å². The van der Waals surface area contributed by atoms with Gasteiger partial charge in [-0.15, -0.1) is 0 Å². The SMILES string of the molecule is O=C([C@H]1CC[C@H](Nc2ccc(Cl)cc2)CC1)N1CCN(C2CCC2)CC1. The Morgan fingerprint density at radius 1 is 0.923 bits per heavy atom. The van der Waals surface area contributed by atoms with Crippen LogP contribution in [0.25, 0.3) is 0 Å². The molecular weight excluding hydrogens is 346 g/mol. The number of piperazine rings is 1. The van der Waals surface area contributed by atoms with Gasteiger partial charge >= 0.3 is 0 Å². The van der Waals surface area contributed by atoms with Gasteiger partial charge in [0.25, 0.3) is 0 Å². The normalized spacial score (nSPS) is 27.8. The molecule has 1 aliphatic heterocycles. The minimum atomic E-state index is 0.230. The van der Waals surface area contributed by atoms with Crippen molar-refractivity contribution < 1.29 is 4.79 Å². The Morgan fingerprint density at radius 2 is 1.58 bits per heavy atom. The number of benzene rings is 1. The predicted molar refractivity (Wildman–Crippen MR) is 107 cm³/mol. The van der Waals surface area contributed by atoms with E-state index in [-0.39, 0.29) is 5.92 Å². The van der Waals surface area contributed by atoms with Crippen LogP contribution in [0.1, 0.15) is 44.9 Å². The quantitative estimate of drug-likeness (QED) is 0.863. The van der Waals surface area contributed by atoms with Gasteiger partial charge in [0.15, 0.2) is 0 Å². The van der Waals surface area contributed by atoms with Crippen LogP contribution in [0.4, 0.5) is 5.69 Å². The topological polar surface area (TPSA) is 35.6 Å². The number of hydrogen-bond acceptors (Lipinski definition) is 3. The third kappa shape index (κ3) is 4.17. The molecule has 1 N–H and O–H groups in total. The molecule has 1 aromatic carbocycles. The molecule has 26 heavy (non-hydrogen) atoms. The van der Waals surface area contributed by atoms with E-state index in [0.29, 0.717) is 11.9 Å². The van der Waals surface area contributed by atoms with Crippen LogP contribution in [0.5, 0.6) is 0 Å². The maximum Gasteiger partial charge on any atom is 0.225 e. The molecule has 1 heterocycles. The summed E-state index contributed by atoms with van der Waals surface area (Å²) in [7, 11) is 0. The number of nitrogens with zero attached hydrogens (tertiary/aromatic N) is 2. The monoisotopic (exact) mass is 375 g/mol. The van der Waals surface area contributed by atoms with E-state index in [9.17, 15) is 4.79 Å². The molecule has 3 aliphatic rings. The van der Waals surface area contributed by atoms with E-state index >= 15 is 0 Å². The highest BCUT2D eigenvalue weighted by Crippen LogP contribution is 2.30. The molecule has 1 amide bonds. The average Bonchev–Trinajstić information content (AvgIpc) is 2.63. The van der Waals surface area contributed by atoms with Crippen LogP contribution >= 0.6 is 11.6 Å². The van der Waals surface area contributed by atoms with Crippen LogP contribution in [0.15, 0.2) is 24.3 Å². The highest BCUT2D eigenvalue weighted by atomic mass is 35.5. The molecule has 4 nitrogen and oxygen atoms in total. The summed E-state index contributed by atoms with van der Waals surface area (Å²) in [4.78, 5) is 17.6. The molecule has 0 bridgehead atoms. The Kier molecular flexibility index (Phi) is 5.70. The fourth-order valence-electron chi connectivity index (χ4n) is 4.58. The van der Waals surface area contributed by atoms with Crippen LogP contribution in [0.3, 0.4) is 0 Å². The van der Waals surface area contributed by atoms with Gasteiger partial charge in [0.2, 0.25) is 5.91 Å². The van der Waals surface area contributed by atoms with Gasteiger partial charge in [-0.3, -0.25) is 9.69 Å². The van der Waals surface area contributed by atoms with Crippen LogP contribution in [0, 0.1) is 5.92 Å². The largest absolute Gasteiger partial charge is 0.382 e. The van der Waals surface area contributed by atoms with Gasteiger partial charge in [0.1, 0.15) is 0 Å². The summed E-state index contributed by atoms with van der Waals surface area (Å²) in [6, 6.07) is 9.17. The van der Waals surface area contributed by atoms with Crippen molar-refractivity contribution in [3.05, 3.63) is 29.3 Å². The number of halogens is 1. The van der Waals surface area contributed by atoms with Gasteiger partial charge in [-0.2, -0.15) is 0 Å². The van der Waals surface area contributed by atoms with E-state index in [1.165, 1.54) is 19.3 Å². The summed E-state index contributed by atoms with van der Waals surface area (Å²) in [5.41, 5.74) is 1.12. The smallest absolute Gasteiger partial charge is 0.225 e. The lowest BCUT2D eigenvalue weighted by atomic mass is 9.84. The maximum atomic E-state index is 12.9. The summed E-state index contributed by atoms with van der Waals surface area (Å²) < 4.78 is 0. The fraction of sp³-hybridized carbons (Fsp3) is 0.667. The summed E-state index contributed by atoms with van der Waals surface area (Å²) >= 11 is 5.95. The van der Waals surface area contributed by atoms with Gasteiger partial charge in [-0.25, -0.2) is 0 Å². The van der Waals surface area contributed by atoms with Gasteiger partial charge in [0, 0.05) is 54.9 Å². The molecule has 2 aliphatic carbocycles. The predicted octanol–water partition coefficient (Wildman–Crippen LogP) is 4.01. The van der Waals surface area contributed by atoms with Gasteiger partial charge in [0.05, 0.1) is 0 Å². The van der Waals surface area contributed by atoms with Crippen molar-refractivity contribution in [1.29, 1.82) is 0 Å². The molecule has 1 aromatic rings. The maximum absolute atomic E-state index is 12.9. The van der Waals surface area contributed by atoms with E-state index in [4.69, 9.17) is 11.6 Å². The molecule has 5 heteroatoms. The first-order valence-electron chi connectivity index (χ1n) is 10.2. The summed E-state index contributed by atoms with van der Waals surface area (Å²) in [6.07, 6.45) is 8.26. The van der Waals surface area contributed by atoms with Crippen LogP contribution in [-0.2, 0) is 4.79 Å². The molecule has 0 atom stereocenters. The molecule has 4 rings (SSSR count). The highest BCUT2D eigenvalue weighted by molar-refractivity contribution is 6.30. The number of carbonyl (C=O) groups is 1. The van der Waals surface area contributed by atoms with Gasteiger partial charge in [-0.05, 0) is 62.8 Å². The number of carbonyl (C=O) groups excluding carboxylic acids is 1. The van der Waals surface area contributed by atoms with Crippen LogP contribution < -0.4 is 5.32 Å².